The highest BCUT2D eigenvalue weighted by atomic mass is 35.5. The van der Waals surface area contributed by atoms with Crippen LogP contribution in [0, 0.1) is 18.6 Å². The van der Waals surface area contributed by atoms with Crippen LogP contribution in [0.4, 0.5) is 8.78 Å². The van der Waals surface area contributed by atoms with Gasteiger partial charge in [-0.05, 0) is 50.8 Å². The topological polar surface area (TPSA) is 65.7 Å². The van der Waals surface area contributed by atoms with Crippen molar-refractivity contribution in [1.82, 2.24) is 24.7 Å². The van der Waals surface area contributed by atoms with Crippen LogP contribution in [0.25, 0.3) is 22.3 Å². The Labute approximate surface area is 200 Å². The van der Waals surface area contributed by atoms with Crippen LogP contribution in [0.5, 0.6) is 0 Å². The lowest BCUT2D eigenvalue weighted by atomic mass is 9.92. The molecule has 0 radical (unpaired) electrons. The van der Waals surface area contributed by atoms with Gasteiger partial charge in [0.1, 0.15) is 17.5 Å². The summed E-state index contributed by atoms with van der Waals surface area (Å²) in [6.45, 7) is 2.35. The molecule has 6 rings (SSSR count). The second-order valence-electron chi connectivity index (χ2n) is 9.05. The fourth-order valence-corrected chi connectivity index (χ4v) is 4.68. The molecule has 1 aromatic carbocycles. The van der Waals surface area contributed by atoms with E-state index in [0.29, 0.717) is 52.3 Å². The molecule has 0 bridgehead atoms. The molecule has 2 aliphatic rings. The molecular weight excluding hydrogens is 460 g/mol. The number of halogens is 3. The highest BCUT2D eigenvalue weighted by Gasteiger charge is 2.31. The van der Waals surface area contributed by atoms with Crippen LogP contribution in [0.1, 0.15) is 60.8 Å². The van der Waals surface area contributed by atoms with E-state index in [2.05, 4.69) is 16.3 Å². The molecule has 1 saturated heterocycles. The van der Waals surface area contributed by atoms with Gasteiger partial charge in [0, 0.05) is 41.3 Å². The molecule has 34 heavy (non-hydrogen) atoms. The second-order valence-corrected chi connectivity index (χ2v) is 9.45. The average Bonchev–Trinajstić information content (AvgIpc) is 3.56. The smallest absolute Gasteiger partial charge is 0.163 e. The minimum absolute atomic E-state index is 0.00697. The third-order valence-electron chi connectivity index (χ3n) is 6.58. The Bertz CT molecular complexity index is 1400. The first-order valence-corrected chi connectivity index (χ1v) is 11.8. The van der Waals surface area contributed by atoms with Crippen molar-refractivity contribution in [2.24, 2.45) is 0 Å². The number of aromatic nitrogens is 5. The highest BCUT2D eigenvalue weighted by molar-refractivity contribution is 6.32. The molecule has 2 atom stereocenters. The van der Waals surface area contributed by atoms with Crippen LogP contribution in [0.15, 0.2) is 36.7 Å². The molecule has 3 aromatic heterocycles. The first-order valence-electron chi connectivity index (χ1n) is 11.4. The van der Waals surface area contributed by atoms with Gasteiger partial charge in [0.05, 0.1) is 34.8 Å². The molecule has 174 valence electrons. The monoisotopic (exact) mass is 481 g/mol. The van der Waals surface area contributed by atoms with Crippen molar-refractivity contribution in [1.29, 1.82) is 0 Å². The van der Waals surface area contributed by atoms with Crippen molar-refractivity contribution in [2.75, 3.05) is 6.61 Å². The van der Waals surface area contributed by atoms with Gasteiger partial charge >= 0.3 is 0 Å². The molecule has 4 heterocycles. The van der Waals surface area contributed by atoms with E-state index < -0.39 is 11.6 Å². The molecule has 1 aliphatic heterocycles. The van der Waals surface area contributed by atoms with Crippen LogP contribution in [0.2, 0.25) is 5.02 Å². The first-order chi connectivity index (χ1) is 16.5. The molecule has 0 spiro atoms. The van der Waals surface area contributed by atoms with Gasteiger partial charge in [0.2, 0.25) is 0 Å². The SMILES string of the molecule is Cc1nc2nc([C@H]3CCO[C@H](c4cnn(C5CC5)c4)C3)nc(-c3ccc(F)cc3F)c2cc1Cl. The lowest BCUT2D eigenvalue weighted by Crippen LogP contribution is -2.20. The maximum atomic E-state index is 14.8. The Kier molecular flexibility index (Phi) is 5.30. The largest absolute Gasteiger partial charge is 0.373 e. The number of fused-ring (bicyclic) bond motifs is 1. The molecule has 0 amide bonds. The van der Waals surface area contributed by atoms with Crippen LogP contribution < -0.4 is 0 Å². The molecular formula is C25H22ClF2N5O. The van der Waals surface area contributed by atoms with E-state index in [1.807, 2.05) is 10.9 Å². The fraction of sp³-hybridized carbons (Fsp3) is 0.360. The van der Waals surface area contributed by atoms with Gasteiger partial charge in [-0.3, -0.25) is 4.68 Å². The molecule has 1 saturated carbocycles. The maximum Gasteiger partial charge on any atom is 0.163 e. The summed E-state index contributed by atoms with van der Waals surface area (Å²) in [5, 5.41) is 5.45. The summed E-state index contributed by atoms with van der Waals surface area (Å²) < 4.78 is 36.5. The van der Waals surface area contributed by atoms with Crippen molar-refractivity contribution in [3.8, 4) is 11.3 Å². The molecule has 0 unspecified atom stereocenters. The van der Waals surface area contributed by atoms with Crippen molar-refractivity contribution in [2.45, 2.75) is 50.7 Å². The number of hydrogen-bond donors (Lipinski definition) is 0. The van der Waals surface area contributed by atoms with Crippen LogP contribution in [-0.2, 0) is 4.74 Å². The summed E-state index contributed by atoms with van der Waals surface area (Å²) in [6.07, 6.45) is 7.57. The highest BCUT2D eigenvalue weighted by Crippen LogP contribution is 2.40. The van der Waals surface area contributed by atoms with E-state index in [0.717, 1.165) is 18.1 Å². The zero-order valence-corrected chi connectivity index (χ0v) is 19.3. The number of pyridine rings is 1. The molecule has 2 fully saturated rings. The number of ether oxygens (including phenoxy) is 1. The van der Waals surface area contributed by atoms with Crippen LogP contribution in [-0.4, -0.2) is 31.3 Å². The van der Waals surface area contributed by atoms with E-state index in [4.69, 9.17) is 26.3 Å². The molecule has 0 N–H and O–H groups in total. The Morgan fingerprint density at radius 2 is 1.94 bits per heavy atom. The number of rotatable bonds is 4. The minimum atomic E-state index is -0.694. The summed E-state index contributed by atoms with van der Waals surface area (Å²) in [7, 11) is 0. The van der Waals surface area contributed by atoms with Crippen molar-refractivity contribution >= 4 is 22.6 Å². The van der Waals surface area contributed by atoms with Gasteiger partial charge in [0.25, 0.3) is 0 Å². The van der Waals surface area contributed by atoms with E-state index >= 15 is 0 Å². The number of nitrogens with zero attached hydrogens (tertiary/aromatic N) is 5. The summed E-state index contributed by atoms with van der Waals surface area (Å²) >= 11 is 6.32. The third-order valence-corrected chi connectivity index (χ3v) is 6.97. The van der Waals surface area contributed by atoms with Gasteiger partial charge < -0.3 is 4.74 Å². The fourth-order valence-electron chi connectivity index (χ4n) is 4.53. The zero-order chi connectivity index (χ0) is 23.4. The minimum Gasteiger partial charge on any atom is -0.373 e. The Morgan fingerprint density at radius 1 is 1.09 bits per heavy atom. The molecule has 9 heteroatoms. The predicted octanol–water partition coefficient (Wildman–Crippen LogP) is 6.10. The van der Waals surface area contributed by atoms with Crippen molar-refractivity contribution in [3.63, 3.8) is 0 Å². The zero-order valence-electron chi connectivity index (χ0n) is 18.5. The summed E-state index contributed by atoms with van der Waals surface area (Å²) in [5.41, 5.74) is 2.66. The van der Waals surface area contributed by atoms with Crippen LogP contribution >= 0.6 is 11.6 Å². The second kappa shape index (κ2) is 8.36. The third kappa shape index (κ3) is 3.95. The van der Waals surface area contributed by atoms with E-state index in [1.54, 1.807) is 13.0 Å². The predicted molar refractivity (Wildman–Crippen MR) is 124 cm³/mol. The summed E-state index contributed by atoms with van der Waals surface area (Å²) in [4.78, 5) is 14.1. The van der Waals surface area contributed by atoms with Gasteiger partial charge in [-0.1, -0.05) is 11.6 Å². The number of aryl methyl sites for hydroxylation is 1. The van der Waals surface area contributed by atoms with Gasteiger partial charge in [-0.25, -0.2) is 23.7 Å². The summed E-state index contributed by atoms with van der Waals surface area (Å²) in [5.74, 6) is -0.776. The van der Waals surface area contributed by atoms with E-state index in [-0.39, 0.29) is 17.6 Å². The quantitative estimate of drug-likeness (QED) is 0.352. The van der Waals surface area contributed by atoms with Crippen molar-refractivity contribution in [3.05, 3.63) is 70.4 Å². The van der Waals surface area contributed by atoms with Crippen LogP contribution in [0.3, 0.4) is 0 Å². The Morgan fingerprint density at radius 3 is 2.74 bits per heavy atom. The molecule has 1 aliphatic carbocycles. The van der Waals surface area contributed by atoms with Gasteiger partial charge in [-0.2, -0.15) is 5.10 Å². The van der Waals surface area contributed by atoms with Gasteiger partial charge in [0.15, 0.2) is 5.65 Å². The van der Waals surface area contributed by atoms with E-state index in [1.165, 1.54) is 25.0 Å². The lowest BCUT2D eigenvalue weighted by Gasteiger charge is -2.28. The number of benzene rings is 1. The average molecular weight is 482 g/mol. The molecule has 6 nitrogen and oxygen atoms in total. The maximum absolute atomic E-state index is 14.8. The van der Waals surface area contributed by atoms with E-state index in [9.17, 15) is 8.78 Å². The Hall–Kier alpha value is -2.97. The first kappa shape index (κ1) is 21.6. The lowest BCUT2D eigenvalue weighted by molar-refractivity contribution is 0.00396. The Balaban J connectivity index is 1.41. The molecule has 4 aromatic rings. The van der Waals surface area contributed by atoms with Gasteiger partial charge in [-0.15, -0.1) is 0 Å². The summed E-state index contributed by atoms with van der Waals surface area (Å²) in [6, 6.07) is 5.67. The number of hydrogen-bond acceptors (Lipinski definition) is 5. The standard InChI is InChI=1S/C25H22ClF2N5O/c1-13-20(26)10-19-23(18-5-2-16(27)9-21(18)28)31-24(32-25(19)30-13)14-6-7-34-22(8-14)15-11-29-33(12-15)17-3-4-17/h2,5,9-12,14,17,22H,3-4,6-8H2,1H3/t14-,22-/m0/s1. The normalized spacial score (nSPS) is 20.7. The van der Waals surface area contributed by atoms with Crippen molar-refractivity contribution < 1.29 is 13.5 Å².